The van der Waals surface area contributed by atoms with Crippen molar-refractivity contribution in [2.24, 2.45) is 5.84 Å². The van der Waals surface area contributed by atoms with Gasteiger partial charge in [-0.05, 0) is 24.1 Å². The van der Waals surface area contributed by atoms with Gasteiger partial charge in [-0.15, -0.1) is 13.2 Å². The predicted octanol–water partition coefficient (Wildman–Crippen LogP) is 4.45. The first-order valence-corrected chi connectivity index (χ1v) is 7.28. The summed E-state index contributed by atoms with van der Waals surface area (Å²) in [7, 11) is 0. The number of rotatable bonds is 9. The molecule has 0 heterocycles. The first-order valence-electron chi connectivity index (χ1n) is 7.28. The van der Waals surface area contributed by atoms with Gasteiger partial charge in [0.2, 0.25) is 0 Å². The van der Waals surface area contributed by atoms with E-state index in [0.29, 0.717) is 5.56 Å². The maximum Gasteiger partial charge on any atom is 0.573 e. The monoisotopic (exact) mass is 304 g/mol. The fourth-order valence-electron chi connectivity index (χ4n) is 2.23. The van der Waals surface area contributed by atoms with Gasteiger partial charge >= 0.3 is 6.36 Å². The number of halogens is 3. The molecule has 3 N–H and O–H groups in total. The van der Waals surface area contributed by atoms with Crippen molar-refractivity contribution in [3.05, 3.63) is 29.8 Å². The van der Waals surface area contributed by atoms with E-state index in [1.165, 1.54) is 37.5 Å². The van der Waals surface area contributed by atoms with Crippen LogP contribution in [0.25, 0.3) is 0 Å². The number of benzene rings is 1. The number of hydrogen-bond donors (Lipinski definition) is 2. The van der Waals surface area contributed by atoms with Crippen LogP contribution in [-0.2, 0) is 0 Å². The van der Waals surface area contributed by atoms with Gasteiger partial charge in [0.05, 0.1) is 0 Å². The molecule has 0 amide bonds. The van der Waals surface area contributed by atoms with Crippen LogP contribution in [0.5, 0.6) is 5.75 Å². The topological polar surface area (TPSA) is 47.3 Å². The Morgan fingerprint density at radius 3 is 2.52 bits per heavy atom. The molecule has 6 heteroatoms. The van der Waals surface area contributed by atoms with Crippen molar-refractivity contribution in [2.75, 3.05) is 0 Å². The van der Waals surface area contributed by atoms with Crippen molar-refractivity contribution in [1.82, 2.24) is 5.43 Å². The van der Waals surface area contributed by atoms with Gasteiger partial charge in [0, 0.05) is 6.04 Å². The molecule has 0 aromatic heterocycles. The third kappa shape index (κ3) is 7.34. The molecular weight excluding hydrogens is 281 g/mol. The summed E-state index contributed by atoms with van der Waals surface area (Å²) in [6, 6.07) is 5.79. The average molecular weight is 304 g/mol. The number of nitrogens with two attached hydrogens (primary N) is 1. The standard InChI is InChI=1S/C15H23F3N2O/c1-2-3-4-5-6-10-14(20-19)12-8-7-9-13(11-12)21-15(16,17)18/h7-9,11,14,20H,2-6,10,19H2,1H3. The van der Waals surface area contributed by atoms with Crippen LogP contribution in [-0.4, -0.2) is 6.36 Å². The Labute approximate surface area is 123 Å². The molecule has 0 saturated heterocycles. The lowest BCUT2D eigenvalue weighted by atomic mass is 10.00. The number of unbranched alkanes of at least 4 members (excludes halogenated alkanes) is 4. The van der Waals surface area contributed by atoms with Crippen LogP contribution < -0.4 is 16.0 Å². The minimum atomic E-state index is -4.68. The van der Waals surface area contributed by atoms with E-state index >= 15 is 0 Å². The summed E-state index contributed by atoms with van der Waals surface area (Å²) in [6.45, 7) is 2.15. The zero-order valence-electron chi connectivity index (χ0n) is 12.2. The lowest BCUT2D eigenvalue weighted by Crippen LogP contribution is -2.28. The van der Waals surface area contributed by atoms with E-state index in [1.807, 2.05) is 0 Å². The van der Waals surface area contributed by atoms with Crippen LogP contribution in [0, 0.1) is 0 Å². The highest BCUT2D eigenvalue weighted by Gasteiger charge is 2.31. The van der Waals surface area contributed by atoms with Gasteiger partial charge in [0.25, 0.3) is 0 Å². The minimum Gasteiger partial charge on any atom is -0.406 e. The van der Waals surface area contributed by atoms with Crippen LogP contribution in [0.15, 0.2) is 24.3 Å². The number of hydrazine groups is 1. The average Bonchev–Trinajstić information content (AvgIpc) is 2.41. The van der Waals surface area contributed by atoms with Crippen molar-refractivity contribution in [2.45, 2.75) is 57.9 Å². The van der Waals surface area contributed by atoms with Gasteiger partial charge in [-0.1, -0.05) is 51.2 Å². The molecule has 3 nitrogen and oxygen atoms in total. The van der Waals surface area contributed by atoms with Gasteiger partial charge < -0.3 is 4.74 Å². The SMILES string of the molecule is CCCCCCCC(NN)c1cccc(OC(F)(F)F)c1. The second-order valence-electron chi connectivity index (χ2n) is 5.04. The van der Waals surface area contributed by atoms with Gasteiger partial charge in [-0.25, -0.2) is 0 Å². The zero-order chi connectivity index (χ0) is 15.7. The van der Waals surface area contributed by atoms with E-state index in [4.69, 9.17) is 5.84 Å². The van der Waals surface area contributed by atoms with Gasteiger partial charge in [-0.3, -0.25) is 11.3 Å². The van der Waals surface area contributed by atoms with E-state index < -0.39 is 6.36 Å². The highest BCUT2D eigenvalue weighted by molar-refractivity contribution is 5.30. The van der Waals surface area contributed by atoms with Crippen LogP contribution in [0.2, 0.25) is 0 Å². The fourth-order valence-corrected chi connectivity index (χ4v) is 2.23. The molecule has 0 aliphatic carbocycles. The Bertz CT molecular complexity index is 410. The Morgan fingerprint density at radius 2 is 1.90 bits per heavy atom. The van der Waals surface area contributed by atoms with Crippen molar-refractivity contribution >= 4 is 0 Å². The summed E-state index contributed by atoms with van der Waals surface area (Å²) in [5, 5.41) is 0. The molecule has 0 bridgehead atoms. The summed E-state index contributed by atoms with van der Waals surface area (Å²) in [5.74, 6) is 5.29. The van der Waals surface area contributed by atoms with Gasteiger partial charge in [0.1, 0.15) is 5.75 Å². The fraction of sp³-hybridized carbons (Fsp3) is 0.600. The third-order valence-electron chi connectivity index (χ3n) is 3.29. The highest BCUT2D eigenvalue weighted by atomic mass is 19.4. The molecule has 1 aromatic carbocycles. The molecule has 0 aliphatic heterocycles. The highest BCUT2D eigenvalue weighted by Crippen LogP contribution is 2.27. The molecule has 1 atom stereocenters. The van der Waals surface area contributed by atoms with Crippen LogP contribution in [0.4, 0.5) is 13.2 Å². The quantitative estimate of drug-likeness (QED) is 0.402. The van der Waals surface area contributed by atoms with Crippen molar-refractivity contribution in [1.29, 1.82) is 0 Å². The molecule has 120 valence electrons. The molecule has 0 fully saturated rings. The minimum absolute atomic E-state index is 0.164. The summed E-state index contributed by atoms with van der Waals surface area (Å²) in [5.41, 5.74) is 3.37. The maximum absolute atomic E-state index is 12.2. The third-order valence-corrected chi connectivity index (χ3v) is 3.29. The number of alkyl halides is 3. The van der Waals surface area contributed by atoms with Crippen LogP contribution >= 0.6 is 0 Å². The first kappa shape index (κ1) is 17.8. The molecule has 1 unspecified atom stereocenters. The van der Waals surface area contributed by atoms with Crippen molar-refractivity contribution in [3.8, 4) is 5.75 Å². The Hall–Kier alpha value is -1.27. The maximum atomic E-state index is 12.2. The van der Waals surface area contributed by atoms with Crippen molar-refractivity contribution in [3.63, 3.8) is 0 Å². The van der Waals surface area contributed by atoms with E-state index in [2.05, 4.69) is 17.1 Å². The molecule has 0 saturated carbocycles. The van der Waals surface area contributed by atoms with Crippen molar-refractivity contribution < 1.29 is 17.9 Å². The molecule has 1 aromatic rings. The Balaban J connectivity index is 2.57. The molecule has 0 spiro atoms. The number of nitrogens with one attached hydrogen (secondary N) is 1. The Kier molecular flexibility index (Phi) is 7.53. The molecule has 0 radical (unpaired) electrons. The zero-order valence-corrected chi connectivity index (χ0v) is 12.2. The summed E-state index contributed by atoms with van der Waals surface area (Å²) >= 11 is 0. The summed E-state index contributed by atoms with van der Waals surface area (Å²) < 4.78 is 40.6. The first-order chi connectivity index (χ1) is 9.96. The normalized spacial score (nSPS) is 13.2. The predicted molar refractivity (Wildman–Crippen MR) is 76.6 cm³/mol. The molecule has 1 rings (SSSR count). The lowest BCUT2D eigenvalue weighted by molar-refractivity contribution is -0.274. The second-order valence-corrected chi connectivity index (χ2v) is 5.04. The van der Waals surface area contributed by atoms with Crippen LogP contribution in [0.3, 0.4) is 0 Å². The summed E-state index contributed by atoms with van der Waals surface area (Å²) in [6.07, 6.45) is 1.75. The largest absolute Gasteiger partial charge is 0.573 e. The molecule has 21 heavy (non-hydrogen) atoms. The van der Waals surface area contributed by atoms with E-state index in [0.717, 1.165) is 19.3 Å². The van der Waals surface area contributed by atoms with E-state index in [-0.39, 0.29) is 11.8 Å². The number of ether oxygens (including phenoxy) is 1. The van der Waals surface area contributed by atoms with E-state index in [9.17, 15) is 13.2 Å². The summed E-state index contributed by atoms with van der Waals surface area (Å²) in [4.78, 5) is 0. The van der Waals surface area contributed by atoms with Gasteiger partial charge in [-0.2, -0.15) is 0 Å². The second kappa shape index (κ2) is 8.89. The van der Waals surface area contributed by atoms with Gasteiger partial charge in [0.15, 0.2) is 0 Å². The van der Waals surface area contributed by atoms with E-state index in [1.54, 1.807) is 6.07 Å². The molecule has 0 aliphatic rings. The van der Waals surface area contributed by atoms with Crippen LogP contribution in [0.1, 0.15) is 57.1 Å². The lowest BCUT2D eigenvalue weighted by Gasteiger charge is -2.17. The number of hydrogen-bond acceptors (Lipinski definition) is 3. The Morgan fingerprint density at radius 1 is 1.19 bits per heavy atom. The smallest absolute Gasteiger partial charge is 0.406 e. The molecular formula is C15H23F3N2O.